The van der Waals surface area contributed by atoms with E-state index in [2.05, 4.69) is 0 Å². The van der Waals surface area contributed by atoms with Crippen LogP contribution in [0, 0.1) is 0 Å². The van der Waals surface area contributed by atoms with Gasteiger partial charge in [-0.05, 0) is 44.4 Å². The molecule has 0 atom stereocenters. The number of amides is 1. The Morgan fingerprint density at radius 2 is 2.05 bits per heavy atom. The van der Waals surface area contributed by atoms with Crippen molar-refractivity contribution in [3.63, 3.8) is 0 Å². The summed E-state index contributed by atoms with van der Waals surface area (Å²) in [7, 11) is 0. The molecule has 0 bridgehead atoms. The van der Waals surface area contributed by atoms with E-state index in [0.717, 1.165) is 18.3 Å². The molecule has 0 spiro atoms. The van der Waals surface area contributed by atoms with Gasteiger partial charge in [-0.3, -0.25) is 4.79 Å². The van der Waals surface area contributed by atoms with Crippen molar-refractivity contribution in [2.45, 2.75) is 39.3 Å². The first-order valence-electron chi connectivity index (χ1n) is 6.44. The van der Waals surface area contributed by atoms with E-state index in [1.165, 1.54) is 5.56 Å². The summed E-state index contributed by atoms with van der Waals surface area (Å²) >= 11 is 0. The van der Waals surface area contributed by atoms with Crippen molar-refractivity contribution in [1.29, 1.82) is 0 Å². The van der Waals surface area contributed by atoms with Gasteiger partial charge in [0.25, 0.3) is 0 Å². The molecule has 1 aliphatic heterocycles. The topological polar surface area (TPSA) is 46.6 Å². The Hall–Kier alpha value is -1.84. The van der Waals surface area contributed by atoms with E-state index >= 15 is 0 Å². The zero-order valence-electron chi connectivity index (χ0n) is 11.6. The fourth-order valence-corrected chi connectivity index (χ4v) is 2.13. The van der Waals surface area contributed by atoms with Gasteiger partial charge < -0.3 is 9.64 Å². The minimum absolute atomic E-state index is 0.297. The van der Waals surface area contributed by atoms with Crippen LogP contribution in [0.1, 0.15) is 42.3 Å². The second-order valence-electron chi connectivity index (χ2n) is 5.80. The monoisotopic (exact) mass is 261 g/mol. The minimum atomic E-state index is -0.484. The fourth-order valence-electron chi connectivity index (χ4n) is 2.13. The Morgan fingerprint density at radius 1 is 1.32 bits per heavy atom. The lowest BCUT2D eigenvalue weighted by atomic mass is 9.98. The third kappa shape index (κ3) is 3.34. The van der Waals surface area contributed by atoms with Gasteiger partial charge in [0.15, 0.2) is 0 Å². The number of hydrogen-bond acceptors (Lipinski definition) is 3. The molecule has 0 fully saturated rings. The average Bonchev–Trinajstić information content (AvgIpc) is 2.35. The fraction of sp³-hybridized carbons (Fsp3) is 0.467. The van der Waals surface area contributed by atoms with Crippen LogP contribution < -0.4 is 0 Å². The smallest absolute Gasteiger partial charge is 0.410 e. The first kappa shape index (κ1) is 13.6. The maximum atomic E-state index is 12.0. The third-order valence-corrected chi connectivity index (χ3v) is 3.03. The summed E-state index contributed by atoms with van der Waals surface area (Å²) in [5.41, 5.74) is 2.39. The normalized spacial score (nSPS) is 14.8. The first-order chi connectivity index (χ1) is 8.89. The maximum absolute atomic E-state index is 12.0. The quantitative estimate of drug-likeness (QED) is 0.730. The van der Waals surface area contributed by atoms with Crippen LogP contribution in [-0.2, 0) is 17.7 Å². The van der Waals surface area contributed by atoms with Gasteiger partial charge in [0.2, 0.25) is 0 Å². The molecule has 0 aromatic heterocycles. The van der Waals surface area contributed by atoms with Crippen molar-refractivity contribution in [3.05, 3.63) is 34.9 Å². The third-order valence-electron chi connectivity index (χ3n) is 3.03. The zero-order valence-corrected chi connectivity index (χ0v) is 11.6. The number of aldehydes is 1. The average molecular weight is 261 g/mol. The summed E-state index contributed by atoms with van der Waals surface area (Å²) in [6.07, 6.45) is 1.33. The highest BCUT2D eigenvalue weighted by atomic mass is 16.6. The molecule has 2 rings (SSSR count). The molecule has 1 amide bonds. The lowest BCUT2D eigenvalue weighted by Crippen LogP contribution is -2.39. The van der Waals surface area contributed by atoms with Crippen LogP contribution in [0.4, 0.5) is 4.79 Å². The Morgan fingerprint density at radius 3 is 2.68 bits per heavy atom. The SMILES string of the molecule is CC(C)(C)OC(=O)N1CCc2ccc(C=O)cc2C1. The molecule has 1 aromatic rings. The summed E-state index contributed by atoms with van der Waals surface area (Å²) in [6, 6.07) is 5.62. The van der Waals surface area contributed by atoms with Gasteiger partial charge in [-0.2, -0.15) is 0 Å². The van der Waals surface area contributed by atoms with Crippen molar-refractivity contribution in [2.75, 3.05) is 6.54 Å². The lowest BCUT2D eigenvalue weighted by molar-refractivity contribution is 0.0224. The number of carbonyl (C=O) groups is 2. The van der Waals surface area contributed by atoms with Gasteiger partial charge in [0, 0.05) is 18.7 Å². The summed E-state index contributed by atoms with van der Waals surface area (Å²) in [5, 5.41) is 0. The summed E-state index contributed by atoms with van der Waals surface area (Å²) in [4.78, 5) is 24.5. The van der Waals surface area contributed by atoms with Gasteiger partial charge in [-0.25, -0.2) is 4.79 Å². The Bertz CT molecular complexity index is 503. The van der Waals surface area contributed by atoms with E-state index in [1.54, 1.807) is 4.90 Å². The standard InChI is InChI=1S/C15H19NO3/c1-15(2,3)19-14(18)16-7-6-12-5-4-11(10-17)8-13(12)9-16/h4-5,8,10H,6-7,9H2,1-3H3. The van der Waals surface area contributed by atoms with Gasteiger partial charge in [-0.15, -0.1) is 0 Å². The number of fused-ring (bicyclic) bond motifs is 1. The Labute approximate surface area is 113 Å². The largest absolute Gasteiger partial charge is 0.444 e. The maximum Gasteiger partial charge on any atom is 0.410 e. The molecular formula is C15H19NO3. The molecule has 0 radical (unpaired) electrons. The molecule has 1 heterocycles. The second kappa shape index (κ2) is 5.03. The number of nitrogens with zero attached hydrogens (tertiary/aromatic N) is 1. The van der Waals surface area contributed by atoms with Crippen LogP contribution in [0.5, 0.6) is 0 Å². The molecule has 1 aliphatic rings. The summed E-state index contributed by atoms with van der Waals surface area (Å²) in [5.74, 6) is 0. The predicted molar refractivity (Wildman–Crippen MR) is 72.2 cm³/mol. The van der Waals surface area contributed by atoms with Gasteiger partial charge in [0.1, 0.15) is 11.9 Å². The van der Waals surface area contributed by atoms with Crippen LogP contribution in [0.25, 0.3) is 0 Å². The highest BCUT2D eigenvalue weighted by Crippen LogP contribution is 2.21. The first-order valence-corrected chi connectivity index (χ1v) is 6.44. The number of hydrogen-bond donors (Lipinski definition) is 0. The van der Waals surface area contributed by atoms with E-state index in [4.69, 9.17) is 4.74 Å². The molecule has 0 N–H and O–H groups in total. The van der Waals surface area contributed by atoms with E-state index in [-0.39, 0.29) is 6.09 Å². The van der Waals surface area contributed by atoms with Crippen molar-refractivity contribution in [2.24, 2.45) is 0 Å². The van der Waals surface area contributed by atoms with E-state index in [0.29, 0.717) is 18.7 Å². The number of benzene rings is 1. The van der Waals surface area contributed by atoms with Crippen molar-refractivity contribution in [1.82, 2.24) is 4.90 Å². The molecule has 1 aromatic carbocycles. The van der Waals surface area contributed by atoms with Gasteiger partial charge in [-0.1, -0.05) is 12.1 Å². The second-order valence-corrected chi connectivity index (χ2v) is 5.80. The molecule has 0 aliphatic carbocycles. The minimum Gasteiger partial charge on any atom is -0.444 e. The van der Waals surface area contributed by atoms with Crippen LogP contribution in [-0.4, -0.2) is 29.4 Å². The summed E-state index contributed by atoms with van der Waals surface area (Å²) < 4.78 is 5.37. The lowest BCUT2D eigenvalue weighted by Gasteiger charge is -2.31. The molecule has 19 heavy (non-hydrogen) atoms. The number of ether oxygens (including phenoxy) is 1. The molecular weight excluding hydrogens is 242 g/mol. The van der Waals surface area contributed by atoms with Gasteiger partial charge >= 0.3 is 6.09 Å². The van der Waals surface area contributed by atoms with Crippen LogP contribution >= 0.6 is 0 Å². The van der Waals surface area contributed by atoms with E-state index in [1.807, 2.05) is 39.0 Å². The highest BCUT2D eigenvalue weighted by molar-refractivity contribution is 5.75. The van der Waals surface area contributed by atoms with Crippen molar-refractivity contribution < 1.29 is 14.3 Å². The molecule has 4 nitrogen and oxygen atoms in total. The van der Waals surface area contributed by atoms with Crippen molar-refractivity contribution >= 4 is 12.4 Å². The Kier molecular flexibility index (Phi) is 3.60. The predicted octanol–water partition coefficient (Wildman–Crippen LogP) is 2.79. The molecule has 0 unspecified atom stereocenters. The van der Waals surface area contributed by atoms with Crippen LogP contribution in [0.3, 0.4) is 0 Å². The van der Waals surface area contributed by atoms with Crippen LogP contribution in [0.2, 0.25) is 0 Å². The van der Waals surface area contributed by atoms with Gasteiger partial charge in [0.05, 0.1) is 0 Å². The molecule has 0 saturated heterocycles. The number of carbonyl (C=O) groups excluding carboxylic acids is 2. The summed E-state index contributed by atoms with van der Waals surface area (Å²) in [6.45, 7) is 6.72. The number of rotatable bonds is 1. The van der Waals surface area contributed by atoms with E-state index < -0.39 is 5.60 Å². The van der Waals surface area contributed by atoms with E-state index in [9.17, 15) is 9.59 Å². The highest BCUT2D eigenvalue weighted by Gasteiger charge is 2.25. The molecule has 4 heteroatoms. The van der Waals surface area contributed by atoms with Crippen molar-refractivity contribution in [3.8, 4) is 0 Å². The van der Waals surface area contributed by atoms with Crippen LogP contribution in [0.15, 0.2) is 18.2 Å². The zero-order chi connectivity index (χ0) is 14.0. The Balaban J connectivity index is 2.12. The molecule has 102 valence electrons. The molecule has 0 saturated carbocycles.